The van der Waals surface area contributed by atoms with Crippen LogP contribution in [-0.2, 0) is 4.79 Å². The van der Waals surface area contributed by atoms with Crippen LogP contribution in [0, 0.1) is 5.41 Å². The fourth-order valence-electron chi connectivity index (χ4n) is 3.23. The monoisotopic (exact) mass is 253 g/mol. The lowest BCUT2D eigenvalue weighted by Gasteiger charge is -2.34. The van der Waals surface area contributed by atoms with Gasteiger partial charge in [-0.2, -0.15) is 0 Å². The topological polar surface area (TPSA) is 58.4 Å². The Balaban J connectivity index is 1.76. The fraction of sp³-hybridized carbons (Fsp3) is 0.929. The first-order chi connectivity index (χ1) is 8.64. The van der Waals surface area contributed by atoms with Crippen LogP contribution in [0.5, 0.6) is 0 Å². The number of hydrogen-bond acceptors (Lipinski definition) is 3. The number of carbonyl (C=O) groups excluding carboxylic acids is 1. The molecule has 0 spiro atoms. The molecule has 18 heavy (non-hydrogen) atoms. The molecule has 1 aliphatic heterocycles. The first kappa shape index (κ1) is 13.8. The third-order valence-corrected chi connectivity index (χ3v) is 4.62. The van der Waals surface area contributed by atoms with Gasteiger partial charge in [-0.25, -0.2) is 0 Å². The van der Waals surface area contributed by atoms with E-state index in [1.807, 2.05) is 0 Å². The Labute approximate surface area is 110 Å². The maximum atomic E-state index is 12.3. The van der Waals surface area contributed by atoms with Gasteiger partial charge in [0.1, 0.15) is 0 Å². The second kappa shape index (κ2) is 6.02. The van der Waals surface area contributed by atoms with Gasteiger partial charge < -0.3 is 16.0 Å². The zero-order valence-electron chi connectivity index (χ0n) is 11.6. The quantitative estimate of drug-likeness (QED) is 0.789. The number of likely N-dealkylation sites (tertiary alicyclic amines) is 1. The van der Waals surface area contributed by atoms with Gasteiger partial charge in [0.25, 0.3) is 0 Å². The van der Waals surface area contributed by atoms with Crippen molar-refractivity contribution in [3.63, 3.8) is 0 Å². The summed E-state index contributed by atoms with van der Waals surface area (Å²) in [5.74, 6) is 0.289. The Bertz CT molecular complexity index is 279. The van der Waals surface area contributed by atoms with E-state index in [1.54, 1.807) is 0 Å². The lowest BCUT2D eigenvalue weighted by molar-refractivity contribution is -0.131. The third kappa shape index (κ3) is 3.23. The minimum absolute atomic E-state index is 0.0889. The second-order valence-corrected chi connectivity index (χ2v) is 6.15. The van der Waals surface area contributed by atoms with Crippen LogP contribution < -0.4 is 11.1 Å². The van der Waals surface area contributed by atoms with Gasteiger partial charge in [-0.3, -0.25) is 4.79 Å². The highest BCUT2D eigenvalue weighted by Crippen LogP contribution is 2.37. The summed E-state index contributed by atoms with van der Waals surface area (Å²) in [6.07, 6.45) is 6.68. The van der Waals surface area contributed by atoms with E-state index in [0.717, 1.165) is 51.9 Å². The first-order valence-corrected chi connectivity index (χ1v) is 7.37. The van der Waals surface area contributed by atoms with Crippen molar-refractivity contribution < 1.29 is 4.79 Å². The van der Waals surface area contributed by atoms with Crippen molar-refractivity contribution in [1.29, 1.82) is 0 Å². The highest BCUT2D eigenvalue weighted by atomic mass is 16.2. The molecule has 4 heteroatoms. The normalized spacial score (nSPS) is 25.2. The number of piperidine rings is 1. The average molecular weight is 253 g/mol. The molecule has 1 aliphatic carbocycles. The predicted molar refractivity (Wildman–Crippen MR) is 73.2 cm³/mol. The summed E-state index contributed by atoms with van der Waals surface area (Å²) in [5.41, 5.74) is 5.47. The molecule has 2 aliphatic rings. The Morgan fingerprint density at radius 3 is 2.50 bits per heavy atom. The van der Waals surface area contributed by atoms with Crippen LogP contribution in [0.1, 0.15) is 45.4 Å². The number of nitrogens with zero attached hydrogens (tertiary/aromatic N) is 1. The standard InChI is InChI=1S/C14H27N3O/c1-14(6-2-3-7-14)13(18)16-12-4-9-17(10-5-12)11-8-15/h12H,2-11,15H2,1H3,(H,16,18). The van der Waals surface area contributed by atoms with Gasteiger partial charge in [-0.15, -0.1) is 0 Å². The summed E-state index contributed by atoms with van der Waals surface area (Å²) in [6, 6.07) is 0.379. The molecule has 1 saturated heterocycles. The van der Waals surface area contributed by atoms with Gasteiger partial charge >= 0.3 is 0 Å². The number of nitrogens with two attached hydrogens (primary N) is 1. The average Bonchev–Trinajstić information content (AvgIpc) is 2.80. The Kier molecular flexibility index (Phi) is 4.62. The van der Waals surface area contributed by atoms with Gasteiger partial charge in [-0.1, -0.05) is 19.8 Å². The molecule has 2 fully saturated rings. The van der Waals surface area contributed by atoms with E-state index in [4.69, 9.17) is 5.73 Å². The lowest BCUT2D eigenvalue weighted by atomic mass is 9.87. The molecule has 0 radical (unpaired) electrons. The van der Waals surface area contributed by atoms with Gasteiger partial charge in [0.2, 0.25) is 5.91 Å². The molecule has 3 N–H and O–H groups in total. The van der Waals surface area contributed by atoms with E-state index in [2.05, 4.69) is 17.1 Å². The van der Waals surface area contributed by atoms with E-state index in [0.29, 0.717) is 6.04 Å². The molecule has 2 rings (SSSR count). The number of amides is 1. The molecule has 1 amide bonds. The molecule has 1 heterocycles. The minimum Gasteiger partial charge on any atom is -0.353 e. The van der Waals surface area contributed by atoms with E-state index in [-0.39, 0.29) is 11.3 Å². The smallest absolute Gasteiger partial charge is 0.226 e. The van der Waals surface area contributed by atoms with Crippen molar-refractivity contribution in [3.8, 4) is 0 Å². The van der Waals surface area contributed by atoms with Crippen molar-refractivity contribution in [2.75, 3.05) is 26.2 Å². The van der Waals surface area contributed by atoms with Crippen molar-refractivity contribution >= 4 is 5.91 Å². The highest BCUT2D eigenvalue weighted by Gasteiger charge is 2.37. The van der Waals surface area contributed by atoms with E-state index in [1.165, 1.54) is 12.8 Å². The van der Waals surface area contributed by atoms with E-state index in [9.17, 15) is 4.79 Å². The zero-order chi connectivity index (χ0) is 13.0. The summed E-state index contributed by atoms with van der Waals surface area (Å²) in [4.78, 5) is 14.7. The Morgan fingerprint density at radius 1 is 1.33 bits per heavy atom. The molecule has 0 atom stereocenters. The SMILES string of the molecule is CC1(C(=O)NC2CCN(CCN)CC2)CCCC1. The van der Waals surface area contributed by atoms with Crippen LogP contribution in [0.3, 0.4) is 0 Å². The van der Waals surface area contributed by atoms with Crippen LogP contribution >= 0.6 is 0 Å². The summed E-state index contributed by atoms with van der Waals surface area (Å²) < 4.78 is 0. The Morgan fingerprint density at radius 2 is 1.94 bits per heavy atom. The molecule has 0 aromatic rings. The van der Waals surface area contributed by atoms with Gasteiger partial charge in [0.05, 0.1) is 0 Å². The summed E-state index contributed by atoms with van der Waals surface area (Å²) in [5, 5.41) is 3.27. The molecule has 0 aromatic carbocycles. The summed E-state index contributed by atoms with van der Waals surface area (Å²) in [6.45, 7) is 5.98. The van der Waals surface area contributed by atoms with Crippen LogP contribution in [-0.4, -0.2) is 43.0 Å². The van der Waals surface area contributed by atoms with Crippen LogP contribution in [0.2, 0.25) is 0 Å². The van der Waals surface area contributed by atoms with E-state index >= 15 is 0 Å². The number of nitrogens with one attached hydrogen (secondary N) is 1. The van der Waals surface area contributed by atoms with Crippen molar-refractivity contribution in [2.45, 2.75) is 51.5 Å². The summed E-state index contributed by atoms with van der Waals surface area (Å²) >= 11 is 0. The number of carbonyl (C=O) groups is 1. The third-order valence-electron chi connectivity index (χ3n) is 4.62. The predicted octanol–water partition coefficient (Wildman–Crippen LogP) is 1.11. The van der Waals surface area contributed by atoms with Crippen LogP contribution in [0.15, 0.2) is 0 Å². The Hall–Kier alpha value is -0.610. The molecule has 0 aromatic heterocycles. The highest BCUT2D eigenvalue weighted by molar-refractivity contribution is 5.82. The van der Waals surface area contributed by atoms with Crippen molar-refractivity contribution in [1.82, 2.24) is 10.2 Å². The van der Waals surface area contributed by atoms with Crippen LogP contribution in [0.25, 0.3) is 0 Å². The number of rotatable bonds is 4. The van der Waals surface area contributed by atoms with E-state index < -0.39 is 0 Å². The molecular weight excluding hydrogens is 226 g/mol. The van der Waals surface area contributed by atoms with Gasteiger partial charge in [-0.05, 0) is 25.7 Å². The molecule has 0 unspecified atom stereocenters. The van der Waals surface area contributed by atoms with Crippen molar-refractivity contribution in [2.24, 2.45) is 11.1 Å². The molecular formula is C14H27N3O. The number of hydrogen-bond donors (Lipinski definition) is 2. The second-order valence-electron chi connectivity index (χ2n) is 6.15. The molecule has 1 saturated carbocycles. The minimum atomic E-state index is -0.0889. The van der Waals surface area contributed by atoms with Gasteiger partial charge in [0, 0.05) is 37.6 Å². The molecule has 104 valence electrons. The molecule has 4 nitrogen and oxygen atoms in total. The maximum absolute atomic E-state index is 12.3. The summed E-state index contributed by atoms with van der Waals surface area (Å²) in [7, 11) is 0. The fourth-order valence-corrected chi connectivity index (χ4v) is 3.23. The zero-order valence-corrected chi connectivity index (χ0v) is 11.6. The van der Waals surface area contributed by atoms with Crippen molar-refractivity contribution in [3.05, 3.63) is 0 Å². The largest absolute Gasteiger partial charge is 0.353 e. The van der Waals surface area contributed by atoms with Crippen LogP contribution in [0.4, 0.5) is 0 Å². The first-order valence-electron chi connectivity index (χ1n) is 7.37. The van der Waals surface area contributed by atoms with Gasteiger partial charge in [0.15, 0.2) is 0 Å². The lowest BCUT2D eigenvalue weighted by Crippen LogP contribution is -2.49. The maximum Gasteiger partial charge on any atom is 0.226 e. The molecule has 0 bridgehead atoms.